The fraction of sp³-hybridized carbons (Fsp3) is 0.438. The summed E-state index contributed by atoms with van der Waals surface area (Å²) in [4.78, 5) is 22.8. The molecule has 0 radical (unpaired) electrons. The second-order valence-electron chi connectivity index (χ2n) is 5.42. The Labute approximate surface area is 129 Å². The summed E-state index contributed by atoms with van der Waals surface area (Å²) in [6.45, 7) is 1.78. The van der Waals surface area contributed by atoms with Crippen molar-refractivity contribution >= 4 is 5.91 Å². The SMILES string of the molecule is Cn1cccc1C1COCCN1C(=O)CCc1cnccn1. The Bertz CT molecular complexity index is 626. The van der Waals surface area contributed by atoms with Gasteiger partial charge in [-0.25, -0.2) is 0 Å². The summed E-state index contributed by atoms with van der Waals surface area (Å²) >= 11 is 0. The van der Waals surface area contributed by atoms with Crippen LogP contribution in [0.15, 0.2) is 36.9 Å². The maximum Gasteiger partial charge on any atom is 0.223 e. The van der Waals surface area contributed by atoms with Crippen molar-refractivity contribution in [1.29, 1.82) is 0 Å². The van der Waals surface area contributed by atoms with E-state index in [-0.39, 0.29) is 11.9 Å². The number of nitrogens with zero attached hydrogens (tertiary/aromatic N) is 4. The van der Waals surface area contributed by atoms with Crippen molar-refractivity contribution in [2.24, 2.45) is 7.05 Å². The monoisotopic (exact) mass is 300 g/mol. The van der Waals surface area contributed by atoms with E-state index in [0.717, 1.165) is 11.4 Å². The Kier molecular flexibility index (Phi) is 4.48. The van der Waals surface area contributed by atoms with Crippen molar-refractivity contribution in [3.8, 4) is 0 Å². The van der Waals surface area contributed by atoms with Crippen LogP contribution < -0.4 is 0 Å². The summed E-state index contributed by atoms with van der Waals surface area (Å²) < 4.78 is 7.62. The van der Waals surface area contributed by atoms with Gasteiger partial charge in [0, 0.05) is 50.5 Å². The largest absolute Gasteiger partial charge is 0.377 e. The van der Waals surface area contributed by atoms with Gasteiger partial charge >= 0.3 is 0 Å². The number of hydrogen-bond donors (Lipinski definition) is 0. The first-order valence-electron chi connectivity index (χ1n) is 7.49. The Balaban J connectivity index is 1.68. The topological polar surface area (TPSA) is 60.2 Å². The lowest BCUT2D eigenvalue weighted by Gasteiger charge is -2.36. The van der Waals surface area contributed by atoms with Crippen LogP contribution in [0.2, 0.25) is 0 Å². The highest BCUT2D eigenvalue weighted by Crippen LogP contribution is 2.25. The lowest BCUT2D eigenvalue weighted by molar-refractivity contribution is -0.140. The van der Waals surface area contributed by atoms with Gasteiger partial charge in [0.25, 0.3) is 0 Å². The highest BCUT2D eigenvalue weighted by Gasteiger charge is 2.29. The molecule has 1 atom stereocenters. The van der Waals surface area contributed by atoms with E-state index in [9.17, 15) is 4.79 Å². The summed E-state index contributed by atoms with van der Waals surface area (Å²) in [7, 11) is 1.99. The highest BCUT2D eigenvalue weighted by molar-refractivity contribution is 5.77. The quantitative estimate of drug-likeness (QED) is 0.855. The molecule has 3 heterocycles. The van der Waals surface area contributed by atoms with Gasteiger partial charge in [0.2, 0.25) is 5.91 Å². The van der Waals surface area contributed by atoms with Crippen molar-refractivity contribution < 1.29 is 9.53 Å². The van der Waals surface area contributed by atoms with Crippen molar-refractivity contribution in [3.63, 3.8) is 0 Å². The van der Waals surface area contributed by atoms with Crippen molar-refractivity contribution in [2.45, 2.75) is 18.9 Å². The molecule has 2 aromatic heterocycles. The minimum absolute atomic E-state index is 0.0110. The Morgan fingerprint density at radius 1 is 1.45 bits per heavy atom. The van der Waals surface area contributed by atoms with Crippen LogP contribution >= 0.6 is 0 Å². The third kappa shape index (κ3) is 3.17. The molecule has 0 spiro atoms. The molecule has 22 heavy (non-hydrogen) atoms. The second-order valence-corrected chi connectivity index (χ2v) is 5.42. The molecule has 6 heteroatoms. The minimum atomic E-state index is -0.0110. The van der Waals surface area contributed by atoms with Crippen LogP contribution in [-0.2, 0) is 23.0 Å². The Morgan fingerprint density at radius 3 is 3.09 bits per heavy atom. The van der Waals surface area contributed by atoms with E-state index in [1.165, 1.54) is 0 Å². The fourth-order valence-electron chi connectivity index (χ4n) is 2.81. The first-order chi connectivity index (χ1) is 10.8. The highest BCUT2D eigenvalue weighted by atomic mass is 16.5. The number of carbonyl (C=O) groups excluding carboxylic acids is 1. The number of aromatic nitrogens is 3. The molecule has 1 fully saturated rings. The number of rotatable bonds is 4. The van der Waals surface area contributed by atoms with Crippen LogP contribution in [0.25, 0.3) is 0 Å². The van der Waals surface area contributed by atoms with Crippen LogP contribution in [0.3, 0.4) is 0 Å². The van der Waals surface area contributed by atoms with Gasteiger partial charge in [-0.05, 0) is 18.6 Å². The lowest BCUT2D eigenvalue weighted by Crippen LogP contribution is -2.44. The van der Waals surface area contributed by atoms with Gasteiger partial charge in [-0.15, -0.1) is 0 Å². The van der Waals surface area contributed by atoms with Gasteiger partial charge in [0.15, 0.2) is 0 Å². The molecule has 2 aromatic rings. The Morgan fingerprint density at radius 2 is 2.36 bits per heavy atom. The standard InChI is InChI=1S/C16H20N4O2/c1-19-8-2-3-14(19)15-12-22-10-9-20(15)16(21)5-4-13-11-17-6-7-18-13/h2-3,6-8,11,15H,4-5,9-10,12H2,1H3. The number of morpholine rings is 1. The minimum Gasteiger partial charge on any atom is -0.377 e. The molecular formula is C16H20N4O2. The van der Waals surface area contributed by atoms with Crippen molar-refractivity contribution in [3.05, 3.63) is 48.3 Å². The van der Waals surface area contributed by atoms with E-state index in [4.69, 9.17) is 4.74 Å². The van der Waals surface area contributed by atoms with Crippen LogP contribution in [-0.4, -0.2) is 45.1 Å². The molecule has 1 aliphatic heterocycles. The van der Waals surface area contributed by atoms with Crippen molar-refractivity contribution in [2.75, 3.05) is 19.8 Å². The molecule has 0 N–H and O–H groups in total. The van der Waals surface area contributed by atoms with Gasteiger partial charge in [-0.3, -0.25) is 14.8 Å². The van der Waals surface area contributed by atoms with Crippen LogP contribution in [0, 0.1) is 0 Å². The van der Waals surface area contributed by atoms with Crippen LogP contribution in [0.1, 0.15) is 23.9 Å². The second kappa shape index (κ2) is 6.70. The van der Waals surface area contributed by atoms with Crippen molar-refractivity contribution in [1.82, 2.24) is 19.4 Å². The average molecular weight is 300 g/mol. The van der Waals surface area contributed by atoms with Crippen LogP contribution in [0.4, 0.5) is 0 Å². The maximum atomic E-state index is 12.6. The molecule has 0 aliphatic carbocycles. The molecule has 0 bridgehead atoms. The molecule has 1 amide bonds. The normalized spacial score (nSPS) is 18.4. The molecule has 1 saturated heterocycles. The van der Waals surface area contributed by atoms with E-state index in [1.807, 2.05) is 34.8 Å². The summed E-state index contributed by atoms with van der Waals surface area (Å²) in [5.74, 6) is 0.139. The lowest BCUT2D eigenvalue weighted by atomic mass is 10.1. The van der Waals surface area contributed by atoms with Gasteiger partial charge < -0.3 is 14.2 Å². The number of hydrogen-bond acceptors (Lipinski definition) is 4. The van der Waals surface area contributed by atoms with E-state index < -0.39 is 0 Å². The molecule has 0 aromatic carbocycles. The number of ether oxygens (including phenoxy) is 1. The summed E-state index contributed by atoms with van der Waals surface area (Å²) in [6, 6.07) is 4.03. The number of carbonyl (C=O) groups is 1. The van der Waals surface area contributed by atoms with Gasteiger partial charge in [0.05, 0.1) is 24.9 Å². The molecule has 6 nitrogen and oxygen atoms in total. The zero-order valence-electron chi connectivity index (χ0n) is 12.7. The predicted molar refractivity (Wildman–Crippen MR) is 81.0 cm³/mol. The number of amides is 1. The molecular weight excluding hydrogens is 280 g/mol. The molecule has 1 aliphatic rings. The van der Waals surface area contributed by atoms with E-state index in [0.29, 0.717) is 32.6 Å². The molecule has 1 unspecified atom stereocenters. The fourth-order valence-corrected chi connectivity index (χ4v) is 2.81. The molecule has 3 rings (SSSR count). The third-order valence-corrected chi connectivity index (χ3v) is 3.99. The van der Waals surface area contributed by atoms with Gasteiger partial charge in [0.1, 0.15) is 0 Å². The average Bonchev–Trinajstić information content (AvgIpc) is 2.99. The van der Waals surface area contributed by atoms with Gasteiger partial charge in [-0.2, -0.15) is 0 Å². The first-order valence-corrected chi connectivity index (χ1v) is 7.49. The first kappa shape index (κ1) is 14.7. The number of aryl methyl sites for hydroxylation is 2. The molecule has 116 valence electrons. The Hall–Kier alpha value is -2.21. The zero-order chi connectivity index (χ0) is 15.4. The summed E-state index contributed by atoms with van der Waals surface area (Å²) in [5.41, 5.74) is 1.95. The summed E-state index contributed by atoms with van der Waals surface area (Å²) in [5, 5.41) is 0. The zero-order valence-corrected chi connectivity index (χ0v) is 12.7. The molecule has 0 saturated carbocycles. The van der Waals surface area contributed by atoms with Gasteiger partial charge in [-0.1, -0.05) is 0 Å². The third-order valence-electron chi connectivity index (χ3n) is 3.99. The summed E-state index contributed by atoms with van der Waals surface area (Å²) in [6.07, 6.45) is 8.05. The van der Waals surface area contributed by atoms with E-state index in [1.54, 1.807) is 18.6 Å². The predicted octanol–water partition coefficient (Wildman–Crippen LogP) is 1.35. The van der Waals surface area contributed by atoms with E-state index >= 15 is 0 Å². The van der Waals surface area contributed by atoms with E-state index in [2.05, 4.69) is 9.97 Å². The van der Waals surface area contributed by atoms with Crippen LogP contribution in [0.5, 0.6) is 0 Å². The maximum absolute atomic E-state index is 12.6. The smallest absolute Gasteiger partial charge is 0.223 e.